The van der Waals surface area contributed by atoms with Crippen LogP contribution in [0.25, 0.3) is 10.9 Å². The summed E-state index contributed by atoms with van der Waals surface area (Å²) in [4.78, 5) is 28.6. The Morgan fingerprint density at radius 2 is 1.76 bits per heavy atom. The van der Waals surface area contributed by atoms with Crippen LogP contribution in [-0.4, -0.2) is 23.0 Å². The van der Waals surface area contributed by atoms with Crippen LogP contribution in [0.2, 0.25) is 5.02 Å². The highest BCUT2D eigenvalue weighted by atomic mass is 35.5. The maximum absolute atomic E-state index is 12.2. The molecule has 1 N–H and O–H groups in total. The van der Waals surface area contributed by atoms with E-state index in [1.54, 1.807) is 36.4 Å². The van der Waals surface area contributed by atoms with Gasteiger partial charge in [-0.3, -0.25) is 4.79 Å². The summed E-state index contributed by atoms with van der Waals surface area (Å²) in [6.45, 7) is 1.50. The van der Waals surface area contributed by atoms with E-state index in [-0.39, 0.29) is 5.69 Å². The molecule has 0 aliphatic rings. The molecule has 0 spiro atoms. The molecule has 0 bridgehead atoms. The fourth-order valence-electron chi connectivity index (χ4n) is 2.23. The van der Waals surface area contributed by atoms with Crippen molar-refractivity contribution in [2.75, 3.05) is 5.32 Å². The van der Waals surface area contributed by atoms with Crippen LogP contribution in [0.1, 0.15) is 17.4 Å². The van der Waals surface area contributed by atoms with Gasteiger partial charge in [-0.25, -0.2) is 9.78 Å². The number of anilines is 1. The average Bonchev–Trinajstić information content (AvgIpc) is 2.63. The van der Waals surface area contributed by atoms with Crippen LogP contribution in [0, 0.1) is 0 Å². The first-order valence-corrected chi connectivity index (χ1v) is 8.04. The maximum atomic E-state index is 12.2. The van der Waals surface area contributed by atoms with E-state index in [1.807, 2.05) is 24.3 Å². The van der Waals surface area contributed by atoms with Crippen LogP contribution in [0.3, 0.4) is 0 Å². The Morgan fingerprint density at radius 3 is 2.52 bits per heavy atom. The summed E-state index contributed by atoms with van der Waals surface area (Å²) in [5.74, 6) is -1.08. The zero-order valence-electron chi connectivity index (χ0n) is 13.4. The lowest BCUT2D eigenvalue weighted by molar-refractivity contribution is -0.123. The van der Waals surface area contributed by atoms with Gasteiger partial charge in [0.15, 0.2) is 6.10 Å². The van der Waals surface area contributed by atoms with Crippen molar-refractivity contribution in [3.8, 4) is 0 Å². The molecule has 2 aromatic carbocycles. The average molecular weight is 355 g/mol. The summed E-state index contributed by atoms with van der Waals surface area (Å²) in [6.07, 6.45) is -0.962. The number of hydrogen-bond acceptors (Lipinski definition) is 4. The summed E-state index contributed by atoms with van der Waals surface area (Å²) in [6, 6.07) is 17.5. The van der Waals surface area contributed by atoms with E-state index in [4.69, 9.17) is 16.3 Å². The number of hydrogen-bond donors (Lipinski definition) is 1. The standard InChI is InChI=1S/C19H15ClN2O3/c1-12(18(23)21-15-9-7-14(20)8-10-15)25-19(24)17-11-6-13-4-2-3-5-16(13)22-17/h2-12H,1H3,(H,21,23)/t12-/m1/s1. The molecule has 0 aliphatic heterocycles. The fraction of sp³-hybridized carbons (Fsp3) is 0.105. The van der Waals surface area contributed by atoms with Crippen molar-refractivity contribution in [3.05, 3.63) is 71.4 Å². The molecule has 0 aliphatic carbocycles. The third kappa shape index (κ3) is 4.14. The molecule has 126 valence electrons. The molecule has 0 radical (unpaired) electrons. The van der Waals surface area contributed by atoms with Gasteiger partial charge in [0.1, 0.15) is 5.69 Å². The van der Waals surface area contributed by atoms with E-state index in [9.17, 15) is 9.59 Å². The Balaban J connectivity index is 1.66. The maximum Gasteiger partial charge on any atom is 0.357 e. The number of halogens is 1. The van der Waals surface area contributed by atoms with E-state index in [0.717, 1.165) is 5.39 Å². The van der Waals surface area contributed by atoms with E-state index in [2.05, 4.69) is 10.3 Å². The van der Waals surface area contributed by atoms with Gasteiger partial charge in [-0.2, -0.15) is 0 Å². The highest BCUT2D eigenvalue weighted by Gasteiger charge is 2.20. The van der Waals surface area contributed by atoms with E-state index in [1.165, 1.54) is 6.92 Å². The minimum Gasteiger partial charge on any atom is -0.448 e. The molecule has 1 heterocycles. The first kappa shape index (κ1) is 16.9. The molecule has 6 heteroatoms. The normalized spacial score (nSPS) is 11.8. The predicted molar refractivity (Wildman–Crippen MR) is 96.7 cm³/mol. The molecule has 5 nitrogen and oxygen atoms in total. The Morgan fingerprint density at radius 1 is 1.04 bits per heavy atom. The number of para-hydroxylation sites is 1. The van der Waals surface area contributed by atoms with Crippen LogP contribution >= 0.6 is 11.6 Å². The molecule has 3 rings (SSSR count). The second kappa shape index (κ2) is 7.32. The minimum atomic E-state index is -0.962. The fourth-order valence-corrected chi connectivity index (χ4v) is 2.36. The second-order valence-corrected chi connectivity index (χ2v) is 5.87. The Kier molecular flexibility index (Phi) is 4.95. The largest absolute Gasteiger partial charge is 0.448 e. The topological polar surface area (TPSA) is 68.3 Å². The van der Waals surface area contributed by atoms with Crippen molar-refractivity contribution < 1.29 is 14.3 Å². The number of amides is 1. The first-order valence-electron chi connectivity index (χ1n) is 7.66. The first-order chi connectivity index (χ1) is 12.0. The quantitative estimate of drug-likeness (QED) is 0.717. The molecule has 1 amide bonds. The van der Waals surface area contributed by atoms with Crippen LogP contribution in [0.15, 0.2) is 60.7 Å². The smallest absolute Gasteiger partial charge is 0.357 e. The molecule has 0 unspecified atom stereocenters. The van der Waals surface area contributed by atoms with E-state index < -0.39 is 18.0 Å². The van der Waals surface area contributed by atoms with Gasteiger partial charge < -0.3 is 10.1 Å². The van der Waals surface area contributed by atoms with Gasteiger partial charge in [-0.1, -0.05) is 35.9 Å². The molecule has 1 aromatic heterocycles. The van der Waals surface area contributed by atoms with Crippen molar-refractivity contribution in [3.63, 3.8) is 0 Å². The summed E-state index contributed by atoms with van der Waals surface area (Å²) < 4.78 is 5.20. The number of carbonyl (C=O) groups is 2. The van der Waals surface area contributed by atoms with Crippen LogP contribution < -0.4 is 5.32 Å². The highest BCUT2D eigenvalue weighted by Crippen LogP contribution is 2.15. The molecule has 25 heavy (non-hydrogen) atoms. The summed E-state index contributed by atoms with van der Waals surface area (Å²) in [5.41, 5.74) is 1.42. The van der Waals surface area contributed by atoms with Gasteiger partial charge in [-0.15, -0.1) is 0 Å². The lowest BCUT2D eigenvalue weighted by Crippen LogP contribution is -2.30. The van der Waals surface area contributed by atoms with Gasteiger partial charge in [-0.05, 0) is 43.3 Å². The van der Waals surface area contributed by atoms with E-state index in [0.29, 0.717) is 16.2 Å². The van der Waals surface area contributed by atoms with Crippen LogP contribution in [0.5, 0.6) is 0 Å². The third-order valence-electron chi connectivity index (χ3n) is 3.57. The molecule has 0 fully saturated rings. The Labute approximate surface area is 149 Å². The number of ether oxygens (including phenoxy) is 1. The molecular formula is C19H15ClN2O3. The summed E-state index contributed by atoms with van der Waals surface area (Å²) in [5, 5.41) is 4.15. The summed E-state index contributed by atoms with van der Waals surface area (Å²) in [7, 11) is 0. The van der Waals surface area contributed by atoms with Crippen molar-refractivity contribution >= 4 is 40.1 Å². The van der Waals surface area contributed by atoms with Gasteiger partial charge >= 0.3 is 5.97 Å². The number of rotatable bonds is 4. The number of benzene rings is 2. The number of aromatic nitrogens is 1. The monoisotopic (exact) mass is 354 g/mol. The van der Waals surface area contributed by atoms with Crippen molar-refractivity contribution in [1.29, 1.82) is 0 Å². The number of carbonyl (C=O) groups excluding carboxylic acids is 2. The minimum absolute atomic E-state index is 0.157. The van der Waals surface area contributed by atoms with E-state index >= 15 is 0 Å². The number of nitrogens with one attached hydrogen (secondary N) is 1. The lowest BCUT2D eigenvalue weighted by Gasteiger charge is -2.13. The Hall–Kier alpha value is -2.92. The summed E-state index contributed by atoms with van der Waals surface area (Å²) >= 11 is 5.80. The molecule has 1 atom stereocenters. The molecule has 0 saturated carbocycles. The highest BCUT2D eigenvalue weighted by molar-refractivity contribution is 6.30. The van der Waals surface area contributed by atoms with Crippen molar-refractivity contribution in [2.45, 2.75) is 13.0 Å². The van der Waals surface area contributed by atoms with Gasteiger partial charge in [0.25, 0.3) is 5.91 Å². The number of fused-ring (bicyclic) bond motifs is 1. The lowest BCUT2D eigenvalue weighted by atomic mass is 10.2. The SMILES string of the molecule is C[C@@H](OC(=O)c1ccc2ccccc2n1)C(=O)Nc1ccc(Cl)cc1. The Bertz CT molecular complexity index is 925. The van der Waals surface area contributed by atoms with Crippen LogP contribution in [0.4, 0.5) is 5.69 Å². The number of pyridine rings is 1. The molecule has 0 saturated heterocycles. The van der Waals surface area contributed by atoms with Gasteiger partial charge in [0, 0.05) is 16.1 Å². The third-order valence-corrected chi connectivity index (χ3v) is 3.82. The zero-order valence-corrected chi connectivity index (χ0v) is 14.2. The van der Waals surface area contributed by atoms with Gasteiger partial charge in [0.2, 0.25) is 0 Å². The molecule has 3 aromatic rings. The number of nitrogens with zero attached hydrogens (tertiary/aromatic N) is 1. The van der Waals surface area contributed by atoms with Crippen molar-refractivity contribution in [1.82, 2.24) is 4.98 Å². The van der Waals surface area contributed by atoms with Crippen molar-refractivity contribution in [2.24, 2.45) is 0 Å². The van der Waals surface area contributed by atoms with Crippen LogP contribution in [-0.2, 0) is 9.53 Å². The van der Waals surface area contributed by atoms with Gasteiger partial charge in [0.05, 0.1) is 5.52 Å². The second-order valence-electron chi connectivity index (χ2n) is 5.43. The number of esters is 1. The zero-order chi connectivity index (χ0) is 17.8. The molecular weight excluding hydrogens is 340 g/mol. The predicted octanol–water partition coefficient (Wildman–Crippen LogP) is 4.07.